The van der Waals surface area contributed by atoms with Crippen LogP contribution in [-0.2, 0) is 0 Å². The first kappa shape index (κ1) is 15.8. The fraction of sp³-hybridized carbons (Fsp3) is 0.600. The van der Waals surface area contributed by atoms with Gasteiger partial charge in [-0.2, -0.15) is 0 Å². The van der Waals surface area contributed by atoms with Gasteiger partial charge in [0.2, 0.25) is 0 Å². The molecule has 0 aliphatic carbocycles. The number of nitrogens with one attached hydrogen (secondary N) is 1. The van der Waals surface area contributed by atoms with Gasteiger partial charge in [-0.15, -0.1) is 0 Å². The average Bonchev–Trinajstić information content (AvgIpc) is 2.38. The van der Waals surface area contributed by atoms with Gasteiger partial charge in [-0.05, 0) is 39.7 Å². The molecule has 0 amide bonds. The molecule has 0 radical (unpaired) electrons. The third-order valence-electron chi connectivity index (χ3n) is 2.99. The molecule has 0 aliphatic rings. The lowest BCUT2D eigenvalue weighted by atomic mass is 10.1. The van der Waals surface area contributed by atoms with Gasteiger partial charge in [0.05, 0.1) is 12.7 Å². The van der Waals surface area contributed by atoms with Crippen molar-refractivity contribution >= 4 is 0 Å². The number of hydrogen-bond donors (Lipinski definition) is 1. The topological polar surface area (TPSA) is 33.7 Å². The minimum Gasteiger partial charge on any atom is -0.496 e. The fourth-order valence-electron chi connectivity index (χ4n) is 2.00. The normalized spacial score (nSPS) is 12.5. The zero-order valence-electron chi connectivity index (χ0n) is 12.7. The van der Waals surface area contributed by atoms with Gasteiger partial charge in [-0.1, -0.05) is 13.0 Å². The summed E-state index contributed by atoms with van der Waals surface area (Å²) in [7, 11) is 5.77. The Hall–Kier alpha value is -1.26. The van der Waals surface area contributed by atoms with Crippen molar-refractivity contribution < 1.29 is 9.47 Å². The van der Waals surface area contributed by atoms with Crippen molar-refractivity contribution in [2.75, 3.05) is 40.9 Å². The molecule has 0 saturated heterocycles. The van der Waals surface area contributed by atoms with E-state index in [1.807, 2.05) is 32.3 Å². The second kappa shape index (κ2) is 8.02. The number of likely N-dealkylation sites (N-methyl/N-ethyl adjacent to an activating group) is 1. The lowest BCUT2D eigenvalue weighted by molar-refractivity contribution is 0.256. The van der Waals surface area contributed by atoms with E-state index in [4.69, 9.17) is 9.47 Å². The molecule has 1 aromatic carbocycles. The van der Waals surface area contributed by atoms with Crippen molar-refractivity contribution in [2.45, 2.75) is 19.9 Å². The summed E-state index contributed by atoms with van der Waals surface area (Å²) in [4.78, 5) is 2.10. The summed E-state index contributed by atoms with van der Waals surface area (Å²) < 4.78 is 11.3. The summed E-state index contributed by atoms with van der Waals surface area (Å²) >= 11 is 0. The Balaban J connectivity index is 2.88. The van der Waals surface area contributed by atoms with Crippen molar-refractivity contribution in [1.82, 2.24) is 10.2 Å². The highest BCUT2D eigenvalue weighted by atomic mass is 16.5. The largest absolute Gasteiger partial charge is 0.496 e. The van der Waals surface area contributed by atoms with Crippen molar-refractivity contribution in [3.05, 3.63) is 23.8 Å². The Bertz CT molecular complexity index is 380. The summed E-state index contributed by atoms with van der Waals surface area (Å²) in [6.07, 6.45) is 0. The molecule has 0 aromatic heterocycles. The quantitative estimate of drug-likeness (QED) is 0.783. The van der Waals surface area contributed by atoms with Gasteiger partial charge in [0.15, 0.2) is 0 Å². The Kier molecular flexibility index (Phi) is 6.67. The molecule has 0 saturated carbocycles. The molecule has 0 bridgehead atoms. The standard InChI is InChI=1S/C15H26N2O2/c1-6-16-12(2)15-13(18-5)8-7-9-14(15)19-11-10-17(3)4/h7-9,12,16H,6,10-11H2,1-5H3. The van der Waals surface area contributed by atoms with E-state index in [0.717, 1.165) is 30.2 Å². The highest BCUT2D eigenvalue weighted by Gasteiger charge is 2.16. The van der Waals surface area contributed by atoms with E-state index < -0.39 is 0 Å². The predicted molar refractivity (Wildman–Crippen MR) is 79.1 cm³/mol. The summed E-state index contributed by atoms with van der Waals surface area (Å²) in [5, 5.41) is 3.41. The molecular formula is C15H26N2O2. The highest BCUT2D eigenvalue weighted by Crippen LogP contribution is 2.33. The molecule has 1 N–H and O–H groups in total. The summed E-state index contributed by atoms with van der Waals surface area (Å²) in [5.41, 5.74) is 1.09. The second-order valence-corrected chi connectivity index (χ2v) is 4.80. The lowest BCUT2D eigenvalue weighted by Crippen LogP contribution is -2.22. The maximum Gasteiger partial charge on any atom is 0.127 e. The number of methoxy groups -OCH3 is 1. The van der Waals surface area contributed by atoms with Crippen LogP contribution in [0.3, 0.4) is 0 Å². The molecular weight excluding hydrogens is 240 g/mol. The van der Waals surface area contributed by atoms with E-state index in [1.54, 1.807) is 7.11 Å². The minimum atomic E-state index is 0.204. The first-order valence-corrected chi connectivity index (χ1v) is 6.78. The van der Waals surface area contributed by atoms with Crippen LogP contribution in [0.5, 0.6) is 11.5 Å². The smallest absolute Gasteiger partial charge is 0.127 e. The number of nitrogens with zero attached hydrogens (tertiary/aromatic N) is 1. The molecule has 1 atom stereocenters. The van der Waals surface area contributed by atoms with Crippen molar-refractivity contribution in [3.63, 3.8) is 0 Å². The number of hydrogen-bond acceptors (Lipinski definition) is 4. The van der Waals surface area contributed by atoms with Crippen molar-refractivity contribution in [2.24, 2.45) is 0 Å². The van der Waals surface area contributed by atoms with Crippen LogP contribution in [0.2, 0.25) is 0 Å². The third kappa shape index (κ3) is 4.73. The van der Waals surface area contributed by atoms with Gasteiger partial charge in [0.25, 0.3) is 0 Å². The van der Waals surface area contributed by atoms with Crippen molar-refractivity contribution in [3.8, 4) is 11.5 Å². The van der Waals surface area contributed by atoms with Crippen LogP contribution in [0, 0.1) is 0 Å². The van der Waals surface area contributed by atoms with Crippen molar-refractivity contribution in [1.29, 1.82) is 0 Å². The van der Waals surface area contributed by atoms with Gasteiger partial charge in [-0.3, -0.25) is 0 Å². The van der Waals surface area contributed by atoms with Gasteiger partial charge >= 0.3 is 0 Å². The Morgan fingerprint density at radius 1 is 1.26 bits per heavy atom. The zero-order valence-corrected chi connectivity index (χ0v) is 12.7. The first-order valence-electron chi connectivity index (χ1n) is 6.78. The van der Waals surface area contributed by atoms with Gasteiger partial charge in [0.1, 0.15) is 18.1 Å². The van der Waals surface area contributed by atoms with Gasteiger partial charge in [0, 0.05) is 12.6 Å². The Labute approximate surface area is 116 Å². The highest BCUT2D eigenvalue weighted by molar-refractivity contribution is 5.46. The van der Waals surface area contributed by atoms with E-state index in [9.17, 15) is 0 Å². The maximum atomic E-state index is 5.90. The van der Waals surface area contributed by atoms with Crippen LogP contribution in [0.15, 0.2) is 18.2 Å². The molecule has 0 spiro atoms. The fourth-order valence-corrected chi connectivity index (χ4v) is 2.00. The van der Waals surface area contributed by atoms with Crippen LogP contribution >= 0.6 is 0 Å². The molecule has 4 heteroatoms. The first-order chi connectivity index (χ1) is 9.10. The Morgan fingerprint density at radius 2 is 1.95 bits per heavy atom. The third-order valence-corrected chi connectivity index (χ3v) is 2.99. The molecule has 1 aromatic rings. The van der Waals surface area contributed by atoms with E-state index >= 15 is 0 Å². The van der Waals surface area contributed by atoms with E-state index in [0.29, 0.717) is 6.61 Å². The van der Waals surface area contributed by atoms with Gasteiger partial charge < -0.3 is 19.7 Å². The van der Waals surface area contributed by atoms with Crippen LogP contribution < -0.4 is 14.8 Å². The lowest BCUT2D eigenvalue weighted by Gasteiger charge is -2.21. The molecule has 1 rings (SSSR count). The summed E-state index contributed by atoms with van der Waals surface area (Å²) in [6.45, 7) is 6.70. The summed E-state index contributed by atoms with van der Waals surface area (Å²) in [5.74, 6) is 1.77. The van der Waals surface area contributed by atoms with Crippen LogP contribution in [0.1, 0.15) is 25.5 Å². The van der Waals surface area contributed by atoms with Crippen LogP contribution in [-0.4, -0.2) is 45.8 Å². The van der Waals surface area contributed by atoms with Crippen LogP contribution in [0.4, 0.5) is 0 Å². The molecule has 19 heavy (non-hydrogen) atoms. The molecule has 4 nitrogen and oxygen atoms in total. The van der Waals surface area contributed by atoms with Gasteiger partial charge in [-0.25, -0.2) is 0 Å². The number of ether oxygens (including phenoxy) is 2. The minimum absolute atomic E-state index is 0.204. The monoisotopic (exact) mass is 266 g/mol. The molecule has 0 aliphatic heterocycles. The number of rotatable bonds is 8. The van der Waals surface area contributed by atoms with E-state index in [1.165, 1.54) is 0 Å². The molecule has 108 valence electrons. The molecule has 1 unspecified atom stereocenters. The van der Waals surface area contributed by atoms with Crippen LogP contribution in [0.25, 0.3) is 0 Å². The average molecular weight is 266 g/mol. The molecule has 0 fully saturated rings. The SMILES string of the molecule is CCNC(C)c1c(OC)cccc1OCCN(C)C. The Morgan fingerprint density at radius 3 is 2.53 bits per heavy atom. The molecule has 0 heterocycles. The predicted octanol–water partition coefficient (Wildman–Crippen LogP) is 2.31. The van der Waals surface area contributed by atoms with E-state index in [2.05, 4.69) is 24.1 Å². The second-order valence-electron chi connectivity index (χ2n) is 4.80. The summed E-state index contributed by atoms with van der Waals surface area (Å²) in [6, 6.07) is 6.14. The maximum absolute atomic E-state index is 5.90. The zero-order chi connectivity index (χ0) is 14.3. The van der Waals surface area contributed by atoms with E-state index in [-0.39, 0.29) is 6.04 Å². The number of benzene rings is 1.